The van der Waals surface area contributed by atoms with Crippen molar-refractivity contribution in [1.29, 1.82) is 0 Å². The van der Waals surface area contributed by atoms with E-state index in [4.69, 9.17) is 4.74 Å². The topological polar surface area (TPSA) is 26.3 Å². The minimum Gasteiger partial charge on any atom is -0.469 e. The first-order valence-electron chi connectivity index (χ1n) is 10.7. The molecule has 0 aliphatic carbocycles. The van der Waals surface area contributed by atoms with E-state index >= 15 is 0 Å². The lowest BCUT2D eigenvalue weighted by Crippen LogP contribution is -2.43. The Balaban J connectivity index is 1.75. The van der Waals surface area contributed by atoms with Crippen LogP contribution >= 0.6 is 0 Å². The Morgan fingerprint density at radius 2 is 1.03 bits per heavy atom. The average Bonchev–Trinajstić information content (AvgIpc) is 2.88. The second-order valence-electron chi connectivity index (χ2n) is 7.72. The molecule has 0 aliphatic rings. The molecule has 5 rings (SSSR count). The van der Waals surface area contributed by atoms with Gasteiger partial charge in [0.1, 0.15) is 5.75 Å². The Morgan fingerprint density at radius 1 is 0.531 bits per heavy atom. The van der Waals surface area contributed by atoms with Crippen LogP contribution in [-0.2, 0) is 5.60 Å². The van der Waals surface area contributed by atoms with Crippen molar-refractivity contribution in [1.82, 2.24) is 0 Å². The maximum Gasteiger partial charge on any atom is 0.221 e. The van der Waals surface area contributed by atoms with Crippen molar-refractivity contribution >= 4 is 16.6 Å². The molecular formula is C30H22O2. The molecule has 0 saturated heterocycles. The molecule has 0 atom stereocenters. The summed E-state index contributed by atoms with van der Waals surface area (Å²) >= 11 is 0. The standard InChI is InChI=1S/C30H22O2/c31-29(24-13-4-1-5-14-24)30(26-16-6-2-7-17-26,27-18-8-3-9-19-27)32-28-21-20-23-12-10-11-15-25(23)22-28/h1-22H. The molecule has 0 radical (unpaired) electrons. The molecule has 0 saturated carbocycles. The van der Waals surface area contributed by atoms with Gasteiger partial charge in [0, 0.05) is 16.7 Å². The minimum absolute atomic E-state index is 0.108. The zero-order chi connectivity index (χ0) is 21.8. The molecule has 2 heteroatoms. The van der Waals surface area contributed by atoms with E-state index < -0.39 is 5.60 Å². The number of benzene rings is 5. The van der Waals surface area contributed by atoms with Gasteiger partial charge in [0.05, 0.1) is 0 Å². The van der Waals surface area contributed by atoms with Crippen LogP contribution in [0, 0.1) is 0 Å². The molecule has 0 aliphatic heterocycles. The normalized spacial score (nSPS) is 11.2. The summed E-state index contributed by atoms with van der Waals surface area (Å²) in [5.41, 5.74) is 0.842. The summed E-state index contributed by atoms with van der Waals surface area (Å²) in [6.45, 7) is 0. The summed E-state index contributed by atoms with van der Waals surface area (Å²) in [5, 5.41) is 2.19. The summed E-state index contributed by atoms with van der Waals surface area (Å²) < 4.78 is 6.75. The van der Waals surface area contributed by atoms with Gasteiger partial charge in [-0.2, -0.15) is 0 Å². The second-order valence-corrected chi connectivity index (χ2v) is 7.72. The monoisotopic (exact) mass is 414 g/mol. The van der Waals surface area contributed by atoms with Gasteiger partial charge >= 0.3 is 0 Å². The summed E-state index contributed by atoms with van der Waals surface area (Å²) in [6, 6.07) is 42.9. The number of hydrogen-bond acceptors (Lipinski definition) is 2. The highest BCUT2D eigenvalue weighted by molar-refractivity contribution is 6.05. The molecule has 32 heavy (non-hydrogen) atoms. The highest BCUT2D eigenvalue weighted by Crippen LogP contribution is 2.39. The van der Waals surface area contributed by atoms with Crippen LogP contribution in [0.1, 0.15) is 21.5 Å². The molecule has 0 N–H and O–H groups in total. The quantitative estimate of drug-likeness (QED) is 0.278. The highest BCUT2D eigenvalue weighted by Gasteiger charge is 2.45. The molecule has 0 aromatic heterocycles. The third-order valence-electron chi connectivity index (χ3n) is 5.71. The fourth-order valence-electron chi connectivity index (χ4n) is 4.14. The van der Waals surface area contributed by atoms with Crippen molar-refractivity contribution in [3.05, 3.63) is 150 Å². The largest absolute Gasteiger partial charge is 0.469 e. The Kier molecular flexibility index (Phi) is 5.27. The van der Waals surface area contributed by atoms with E-state index in [2.05, 4.69) is 6.07 Å². The molecule has 0 spiro atoms. The van der Waals surface area contributed by atoms with Crippen LogP contribution in [0.25, 0.3) is 10.8 Å². The van der Waals surface area contributed by atoms with Crippen LogP contribution in [0.2, 0.25) is 0 Å². The molecule has 5 aromatic rings. The van der Waals surface area contributed by atoms with Gasteiger partial charge in [-0.05, 0) is 22.9 Å². The van der Waals surface area contributed by atoms with Gasteiger partial charge in [-0.15, -0.1) is 0 Å². The first kappa shape index (κ1) is 19.8. The van der Waals surface area contributed by atoms with Gasteiger partial charge in [0.15, 0.2) is 0 Å². The predicted molar refractivity (Wildman–Crippen MR) is 129 cm³/mol. The molecule has 0 fully saturated rings. The van der Waals surface area contributed by atoms with E-state index in [1.807, 2.05) is 127 Å². The van der Waals surface area contributed by atoms with Crippen molar-refractivity contribution in [2.45, 2.75) is 5.60 Å². The number of carbonyl (C=O) groups is 1. The fraction of sp³-hybridized carbons (Fsp3) is 0.0333. The molecule has 0 amide bonds. The summed E-state index contributed by atoms with van der Waals surface area (Å²) in [4.78, 5) is 14.2. The number of Topliss-reactive ketones (excluding diaryl/α,β-unsaturated/α-hetero) is 1. The van der Waals surface area contributed by atoms with E-state index in [1.165, 1.54) is 0 Å². The fourth-order valence-corrected chi connectivity index (χ4v) is 4.14. The zero-order valence-electron chi connectivity index (χ0n) is 17.5. The number of fused-ring (bicyclic) bond motifs is 1. The summed E-state index contributed by atoms with van der Waals surface area (Å²) in [5.74, 6) is 0.532. The van der Waals surface area contributed by atoms with E-state index in [0.717, 1.165) is 21.9 Å². The van der Waals surface area contributed by atoms with E-state index in [0.29, 0.717) is 11.3 Å². The summed E-state index contributed by atoms with van der Waals surface area (Å²) in [7, 11) is 0. The van der Waals surface area contributed by atoms with Crippen molar-refractivity contribution in [2.75, 3.05) is 0 Å². The van der Waals surface area contributed by atoms with Gasteiger partial charge < -0.3 is 4.74 Å². The first-order chi connectivity index (χ1) is 15.8. The first-order valence-corrected chi connectivity index (χ1v) is 10.7. The number of rotatable bonds is 6. The molecule has 0 bridgehead atoms. The summed E-state index contributed by atoms with van der Waals surface area (Å²) in [6.07, 6.45) is 0. The number of hydrogen-bond donors (Lipinski definition) is 0. The Morgan fingerprint density at radius 3 is 1.62 bits per heavy atom. The van der Waals surface area contributed by atoms with Gasteiger partial charge in [-0.1, -0.05) is 121 Å². The molecule has 0 heterocycles. The van der Waals surface area contributed by atoms with Crippen molar-refractivity contribution in [2.24, 2.45) is 0 Å². The van der Waals surface area contributed by atoms with E-state index in [1.54, 1.807) is 0 Å². The third kappa shape index (κ3) is 3.57. The van der Waals surface area contributed by atoms with Crippen LogP contribution in [0.15, 0.2) is 133 Å². The minimum atomic E-state index is -1.33. The predicted octanol–water partition coefficient (Wildman–Crippen LogP) is 7.05. The molecule has 0 unspecified atom stereocenters. The average molecular weight is 415 g/mol. The van der Waals surface area contributed by atoms with Crippen molar-refractivity contribution < 1.29 is 9.53 Å². The molecular weight excluding hydrogens is 392 g/mol. The van der Waals surface area contributed by atoms with Gasteiger partial charge in [-0.3, -0.25) is 4.79 Å². The van der Waals surface area contributed by atoms with Crippen molar-refractivity contribution in [3.8, 4) is 5.75 Å². The lowest BCUT2D eigenvalue weighted by atomic mass is 9.79. The lowest BCUT2D eigenvalue weighted by Gasteiger charge is -2.34. The Hall–Kier alpha value is -4.17. The second kappa shape index (κ2) is 8.52. The third-order valence-corrected chi connectivity index (χ3v) is 5.71. The molecule has 154 valence electrons. The van der Waals surface area contributed by atoms with Crippen LogP contribution in [-0.4, -0.2) is 5.78 Å². The number of carbonyl (C=O) groups excluding carboxylic acids is 1. The maximum atomic E-state index is 14.2. The Labute approximate surface area is 187 Å². The number of ketones is 1. The Bertz CT molecular complexity index is 1300. The smallest absolute Gasteiger partial charge is 0.221 e. The SMILES string of the molecule is O=C(c1ccccc1)C(Oc1ccc2ccccc2c1)(c1ccccc1)c1ccccc1. The lowest BCUT2D eigenvalue weighted by molar-refractivity contribution is 0.0586. The van der Waals surface area contributed by atoms with Crippen LogP contribution < -0.4 is 4.74 Å². The van der Waals surface area contributed by atoms with E-state index in [-0.39, 0.29) is 5.78 Å². The zero-order valence-corrected chi connectivity index (χ0v) is 17.5. The maximum absolute atomic E-state index is 14.2. The highest BCUT2D eigenvalue weighted by atomic mass is 16.5. The van der Waals surface area contributed by atoms with Gasteiger partial charge in [-0.25, -0.2) is 0 Å². The van der Waals surface area contributed by atoms with Crippen LogP contribution in [0.5, 0.6) is 5.75 Å². The van der Waals surface area contributed by atoms with E-state index in [9.17, 15) is 4.79 Å². The molecule has 5 aromatic carbocycles. The van der Waals surface area contributed by atoms with Gasteiger partial charge in [0.2, 0.25) is 11.4 Å². The number of ether oxygens (including phenoxy) is 1. The van der Waals surface area contributed by atoms with Crippen molar-refractivity contribution in [3.63, 3.8) is 0 Å². The van der Waals surface area contributed by atoms with Gasteiger partial charge in [0.25, 0.3) is 0 Å². The molecule has 2 nitrogen and oxygen atoms in total. The van der Waals surface area contributed by atoms with Crippen LogP contribution in [0.4, 0.5) is 0 Å². The van der Waals surface area contributed by atoms with Crippen LogP contribution in [0.3, 0.4) is 0 Å².